The van der Waals surface area contributed by atoms with Crippen LogP contribution in [0.2, 0.25) is 0 Å². The summed E-state index contributed by atoms with van der Waals surface area (Å²) in [6, 6.07) is 12.0. The molecule has 5 heteroatoms. The van der Waals surface area contributed by atoms with Crippen molar-refractivity contribution in [1.29, 1.82) is 0 Å². The third-order valence-corrected chi connectivity index (χ3v) is 5.69. The van der Waals surface area contributed by atoms with Gasteiger partial charge in [0.1, 0.15) is 0 Å². The number of amides is 1. The first kappa shape index (κ1) is 18.1. The Balaban J connectivity index is 1.42. The Morgan fingerprint density at radius 3 is 2.41 bits per heavy atom. The lowest BCUT2D eigenvalue weighted by molar-refractivity contribution is 0.0407. The van der Waals surface area contributed by atoms with Crippen molar-refractivity contribution in [1.82, 2.24) is 14.8 Å². The van der Waals surface area contributed by atoms with E-state index in [1.54, 1.807) is 12.4 Å². The molecular formula is C22H27N3O2. The third kappa shape index (κ3) is 4.37. The normalized spacial score (nSPS) is 20.6. The number of hydrogen-bond acceptors (Lipinski definition) is 4. The van der Waals surface area contributed by atoms with E-state index in [2.05, 4.69) is 9.88 Å². The van der Waals surface area contributed by atoms with E-state index < -0.39 is 0 Å². The first-order valence-corrected chi connectivity index (χ1v) is 9.89. The van der Waals surface area contributed by atoms with Gasteiger partial charge in [-0.05, 0) is 60.6 Å². The Bertz CT molecular complexity index is 759. The summed E-state index contributed by atoms with van der Waals surface area (Å²) >= 11 is 0. The number of aliphatic hydroxyl groups excluding tert-OH is 1. The summed E-state index contributed by atoms with van der Waals surface area (Å²) in [6.07, 6.45) is 6.94. The molecule has 2 fully saturated rings. The van der Waals surface area contributed by atoms with Crippen molar-refractivity contribution in [2.75, 3.05) is 32.8 Å². The monoisotopic (exact) mass is 365 g/mol. The van der Waals surface area contributed by atoms with Gasteiger partial charge in [0.25, 0.3) is 5.91 Å². The minimum Gasteiger partial charge on any atom is -0.396 e. The number of aliphatic hydroxyl groups is 1. The fraction of sp³-hybridized carbons (Fsp3) is 0.455. The van der Waals surface area contributed by atoms with E-state index in [0.29, 0.717) is 6.54 Å². The van der Waals surface area contributed by atoms with E-state index in [1.807, 2.05) is 41.3 Å². The summed E-state index contributed by atoms with van der Waals surface area (Å²) in [5.41, 5.74) is 2.91. The van der Waals surface area contributed by atoms with E-state index >= 15 is 0 Å². The van der Waals surface area contributed by atoms with Crippen LogP contribution in [0.4, 0.5) is 0 Å². The number of piperazine rings is 1. The van der Waals surface area contributed by atoms with Gasteiger partial charge in [-0.2, -0.15) is 0 Å². The van der Waals surface area contributed by atoms with E-state index in [4.69, 9.17) is 0 Å². The largest absolute Gasteiger partial charge is 0.396 e. The molecule has 1 saturated heterocycles. The minimum absolute atomic E-state index is 0.0882. The number of nitrogens with zero attached hydrogens (tertiary/aromatic N) is 3. The highest BCUT2D eigenvalue weighted by molar-refractivity contribution is 5.94. The van der Waals surface area contributed by atoms with Crippen molar-refractivity contribution in [2.24, 2.45) is 5.92 Å². The van der Waals surface area contributed by atoms with Gasteiger partial charge in [-0.3, -0.25) is 14.7 Å². The van der Waals surface area contributed by atoms with E-state index in [0.717, 1.165) is 48.7 Å². The topological polar surface area (TPSA) is 56.7 Å². The molecule has 1 amide bonds. The highest BCUT2D eigenvalue weighted by atomic mass is 16.3. The van der Waals surface area contributed by atoms with Gasteiger partial charge in [0.2, 0.25) is 0 Å². The molecule has 5 nitrogen and oxygen atoms in total. The summed E-state index contributed by atoms with van der Waals surface area (Å²) in [6.45, 7) is 3.67. The highest BCUT2D eigenvalue weighted by Gasteiger charge is 2.33. The summed E-state index contributed by atoms with van der Waals surface area (Å²) in [4.78, 5) is 21.4. The second-order valence-corrected chi connectivity index (χ2v) is 7.67. The molecule has 1 aromatic heterocycles. The maximum Gasteiger partial charge on any atom is 0.253 e. The van der Waals surface area contributed by atoms with Crippen LogP contribution in [0.3, 0.4) is 0 Å². The third-order valence-electron chi connectivity index (χ3n) is 5.69. The lowest BCUT2D eigenvalue weighted by atomic mass is 10.0. The zero-order chi connectivity index (χ0) is 18.6. The average Bonchev–Trinajstić information content (AvgIpc) is 3.54. The molecule has 0 radical (unpaired) electrons. The molecule has 2 aliphatic rings. The molecular weight excluding hydrogens is 338 g/mol. The Labute approximate surface area is 160 Å². The van der Waals surface area contributed by atoms with E-state index in [9.17, 15) is 9.90 Å². The molecule has 2 aromatic rings. The van der Waals surface area contributed by atoms with Crippen LogP contribution in [0, 0.1) is 5.92 Å². The van der Waals surface area contributed by atoms with Crippen molar-refractivity contribution >= 4 is 5.91 Å². The zero-order valence-electron chi connectivity index (χ0n) is 15.6. The Morgan fingerprint density at radius 2 is 1.74 bits per heavy atom. The average molecular weight is 365 g/mol. The second kappa shape index (κ2) is 8.19. The quantitative estimate of drug-likeness (QED) is 0.855. The molecule has 142 valence electrons. The number of carbonyl (C=O) groups excluding carboxylic acids is 1. The van der Waals surface area contributed by atoms with Crippen molar-refractivity contribution in [2.45, 2.75) is 25.3 Å². The van der Waals surface area contributed by atoms with Gasteiger partial charge in [0.05, 0.1) is 0 Å². The van der Waals surface area contributed by atoms with Crippen LogP contribution in [-0.4, -0.2) is 64.6 Å². The zero-order valence-corrected chi connectivity index (χ0v) is 15.6. The molecule has 0 bridgehead atoms. The van der Waals surface area contributed by atoms with Crippen LogP contribution < -0.4 is 0 Å². The summed E-state index contributed by atoms with van der Waals surface area (Å²) in [5.74, 6) is 0.916. The number of benzene rings is 1. The van der Waals surface area contributed by atoms with Gasteiger partial charge in [0.15, 0.2) is 0 Å². The predicted octanol–water partition coefficient (Wildman–Crippen LogP) is 2.67. The highest BCUT2D eigenvalue weighted by Crippen LogP contribution is 2.31. The first-order chi connectivity index (χ1) is 13.2. The first-order valence-electron chi connectivity index (χ1n) is 9.89. The number of rotatable bonds is 6. The number of carbonyl (C=O) groups is 1. The fourth-order valence-electron chi connectivity index (χ4n) is 3.90. The van der Waals surface area contributed by atoms with Gasteiger partial charge in [0, 0.05) is 56.8 Å². The molecule has 0 unspecified atom stereocenters. The number of hydrogen-bond donors (Lipinski definition) is 1. The van der Waals surface area contributed by atoms with E-state index in [-0.39, 0.29) is 18.6 Å². The molecule has 0 spiro atoms. The fourth-order valence-corrected chi connectivity index (χ4v) is 3.90. The summed E-state index contributed by atoms with van der Waals surface area (Å²) in [5, 5.41) is 9.43. The Hall–Kier alpha value is -2.24. The maximum atomic E-state index is 13.0. The Kier molecular flexibility index (Phi) is 5.50. The van der Waals surface area contributed by atoms with Crippen LogP contribution in [-0.2, 0) is 0 Å². The van der Waals surface area contributed by atoms with Crippen LogP contribution in [0.1, 0.15) is 29.6 Å². The molecule has 2 heterocycles. The van der Waals surface area contributed by atoms with Crippen molar-refractivity contribution in [3.8, 4) is 11.1 Å². The molecule has 1 aliphatic heterocycles. The molecule has 1 N–H and O–H groups in total. The lowest BCUT2D eigenvalue weighted by Crippen LogP contribution is -2.55. The molecule has 1 saturated carbocycles. The second-order valence-electron chi connectivity index (χ2n) is 7.67. The van der Waals surface area contributed by atoms with Crippen LogP contribution in [0.25, 0.3) is 11.1 Å². The predicted molar refractivity (Wildman–Crippen MR) is 105 cm³/mol. The minimum atomic E-state index is 0.0882. The SMILES string of the molecule is O=C(c1ccc(-c2ccncc2)cc1)N1CCN(CC2CC2)[C@@H](CCO)C1. The Morgan fingerprint density at radius 1 is 1.04 bits per heavy atom. The van der Waals surface area contributed by atoms with Gasteiger partial charge in [-0.25, -0.2) is 0 Å². The van der Waals surface area contributed by atoms with E-state index in [1.165, 1.54) is 12.8 Å². The van der Waals surface area contributed by atoms with Crippen molar-refractivity contribution in [3.05, 3.63) is 54.4 Å². The smallest absolute Gasteiger partial charge is 0.253 e. The van der Waals surface area contributed by atoms with Gasteiger partial charge in [-0.15, -0.1) is 0 Å². The lowest BCUT2D eigenvalue weighted by Gasteiger charge is -2.41. The van der Waals surface area contributed by atoms with Crippen molar-refractivity contribution in [3.63, 3.8) is 0 Å². The van der Waals surface area contributed by atoms with Gasteiger partial charge < -0.3 is 10.0 Å². The van der Waals surface area contributed by atoms with Crippen molar-refractivity contribution < 1.29 is 9.90 Å². The van der Waals surface area contributed by atoms with Gasteiger partial charge in [-0.1, -0.05) is 12.1 Å². The van der Waals surface area contributed by atoms with Gasteiger partial charge >= 0.3 is 0 Å². The molecule has 27 heavy (non-hydrogen) atoms. The molecule has 1 aliphatic carbocycles. The number of aromatic nitrogens is 1. The summed E-state index contributed by atoms with van der Waals surface area (Å²) < 4.78 is 0. The molecule has 1 atom stereocenters. The van der Waals surface area contributed by atoms with Crippen LogP contribution in [0.15, 0.2) is 48.8 Å². The van der Waals surface area contributed by atoms with Crippen LogP contribution >= 0.6 is 0 Å². The maximum absolute atomic E-state index is 13.0. The van der Waals surface area contributed by atoms with Crippen LogP contribution in [0.5, 0.6) is 0 Å². The number of pyridine rings is 1. The molecule has 4 rings (SSSR count). The summed E-state index contributed by atoms with van der Waals surface area (Å²) in [7, 11) is 0. The standard InChI is InChI=1S/C22H27N3O2/c26-14-9-21-16-25(13-12-24(21)15-17-1-2-17)22(27)20-5-3-18(4-6-20)19-7-10-23-11-8-19/h3-8,10-11,17,21,26H,1-2,9,12-16H2/t21-/m0/s1. The molecule has 1 aromatic carbocycles.